The number of carbonyl (C=O) groups is 1. The topological polar surface area (TPSA) is 91.9 Å². The minimum atomic E-state index is -0.611. The third kappa shape index (κ3) is 4.25. The lowest BCUT2D eigenvalue weighted by Gasteiger charge is -2.35. The molecule has 3 N–H and O–H groups in total. The van der Waals surface area contributed by atoms with Gasteiger partial charge in [-0.25, -0.2) is 0 Å². The molecule has 1 atom stereocenters. The highest BCUT2D eigenvalue weighted by atomic mass is 16.5. The Bertz CT molecular complexity index is 744. The van der Waals surface area contributed by atoms with E-state index in [1.54, 1.807) is 13.3 Å². The van der Waals surface area contributed by atoms with E-state index < -0.39 is 6.10 Å². The van der Waals surface area contributed by atoms with Gasteiger partial charge in [0.1, 0.15) is 5.75 Å². The van der Waals surface area contributed by atoms with Gasteiger partial charge in [-0.3, -0.25) is 19.6 Å². The molecule has 0 spiro atoms. The van der Waals surface area contributed by atoms with Gasteiger partial charge in [-0.15, -0.1) is 0 Å². The van der Waals surface area contributed by atoms with Crippen molar-refractivity contribution in [1.82, 2.24) is 14.8 Å². The molecule has 1 aromatic carbocycles. The second-order valence-corrected chi connectivity index (χ2v) is 6.34. The van der Waals surface area contributed by atoms with Gasteiger partial charge in [0.25, 0.3) is 0 Å². The first-order chi connectivity index (χ1) is 12.1. The van der Waals surface area contributed by atoms with Crippen LogP contribution in [-0.4, -0.2) is 72.2 Å². The van der Waals surface area contributed by atoms with Gasteiger partial charge in [-0.2, -0.15) is 0 Å². The van der Waals surface area contributed by atoms with Crippen LogP contribution in [0.4, 0.5) is 0 Å². The minimum absolute atomic E-state index is 0.297. The lowest BCUT2D eigenvalue weighted by atomic mass is 10.0. The van der Waals surface area contributed by atoms with E-state index >= 15 is 0 Å². The number of ether oxygens (including phenoxy) is 1. The number of hydrogen-bond acceptors (Lipinski definition) is 6. The SMILES string of the molecule is COc1ccc2nccc([C@H](O)CN3CCN(CC(N)=O)CC3)c2c1. The predicted molar refractivity (Wildman–Crippen MR) is 95.3 cm³/mol. The molecule has 2 heterocycles. The number of piperazine rings is 1. The number of methoxy groups -OCH3 is 1. The summed E-state index contributed by atoms with van der Waals surface area (Å²) in [5.41, 5.74) is 6.93. The van der Waals surface area contributed by atoms with Crippen molar-refractivity contribution < 1.29 is 14.6 Å². The van der Waals surface area contributed by atoms with Crippen molar-refractivity contribution in [2.24, 2.45) is 5.73 Å². The van der Waals surface area contributed by atoms with Gasteiger partial charge in [-0.05, 0) is 29.8 Å². The van der Waals surface area contributed by atoms with Gasteiger partial charge in [0.05, 0.1) is 25.3 Å². The molecule has 1 fully saturated rings. The number of primary amides is 1. The fourth-order valence-electron chi connectivity index (χ4n) is 3.26. The summed E-state index contributed by atoms with van der Waals surface area (Å²) in [6, 6.07) is 7.53. The Kier molecular flexibility index (Phi) is 5.47. The van der Waals surface area contributed by atoms with Gasteiger partial charge >= 0.3 is 0 Å². The van der Waals surface area contributed by atoms with Crippen LogP contribution in [0.2, 0.25) is 0 Å². The number of hydrogen-bond donors (Lipinski definition) is 2. The van der Waals surface area contributed by atoms with Crippen molar-refractivity contribution in [3.8, 4) is 5.75 Å². The number of aliphatic hydroxyl groups is 1. The molecule has 1 aliphatic rings. The molecule has 134 valence electrons. The lowest BCUT2D eigenvalue weighted by Crippen LogP contribution is -2.49. The van der Waals surface area contributed by atoms with Gasteiger partial charge < -0.3 is 15.6 Å². The maximum absolute atomic E-state index is 11.0. The average Bonchev–Trinajstić information content (AvgIpc) is 2.62. The van der Waals surface area contributed by atoms with Crippen LogP contribution in [0.3, 0.4) is 0 Å². The number of carbonyl (C=O) groups excluding carboxylic acids is 1. The van der Waals surface area contributed by atoms with E-state index in [1.807, 2.05) is 29.2 Å². The van der Waals surface area contributed by atoms with Gasteiger partial charge in [0.15, 0.2) is 0 Å². The van der Waals surface area contributed by atoms with E-state index in [0.717, 1.165) is 48.4 Å². The molecular formula is C18H24N4O3. The van der Waals surface area contributed by atoms with Crippen molar-refractivity contribution >= 4 is 16.8 Å². The number of aliphatic hydroxyl groups excluding tert-OH is 1. The monoisotopic (exact) mass is 344 g/mol. The average molecular weight is 344 g/mol. The second kappa shape index (κ2) is 7.77. The first-order valence-corrected chi connectivity index (χ1v) is 8.40. The smallest absolute Gasteiger partial charge is 0.231 e. The molecule has 2 aromatic rings. The number of fused-ring (bicyclic) bond motifs is 1. The number of pyridine rings is 1. The van der Waals surface area contributed by atoms with Crippen LogP contribution >= 0.6 is 0 Å². The molecular weight excluding hydrogens is 320 g/mol. The molecule has 0 aliphatic carbocycles. The van der Waals surface area contributed by atoms with Crippen LogP contribution in [0.1, 0.15) is 11.7 Å². The van der Waals surface area contributed by atoms with Crippen LogP contribution in [0.15, 0.2) is 30.5 Å². The quantitative estimate of drug-likeness (QED) is 0.787. The van der Waals surface area contributed by atoms with E-state index in [9.17, 15) is 9.90 Å². The normalized spacial score (nSPS) is 17.5. The first kappa shape index (κ1) is 17.6. The van der Waals surface area contributed by atoms with Crippen molar-refractivity contribution in [2.45, 2.75) is 6.10 Å². The van der Waals surface area contributed by atoms with Crippen LogP contribution < -0.4 is 10.5 Å². The number of benzene rings is 1. The van der Waals surface area contributed by atoms with E-state index in [-0.39, 0.29) is 5.91 Å². The highest BCUT2D eigenvalue weighted by Gasteiger charge is 2.21. The zero-order chi connectivity index (χ0) is 17.8. The first-order valence-electron chi connectivity index (χ1n) is 8.40. The molecule has 1 aliphatic heterocycles. The van der Waals surface area contributed by atoms with Crippen molar-refractivity contribution in [3.05, 3.63) is 36.0 Å². The zero-order valence-corrected chi connectivity index (χ0v) is 14.4. The summed E-state index contributed by atoms with van der Waals surface area (Å²) in [5.74, 6) is 0.444. The molecule has 0 saturated carbocycles. The van der Waals surface area contributed by atoms with Crippen molar-refractivity contribution in [3.63, 3.8) is 0 Å². The third-order valence-electron chi connectivity index (χ3n) is 4.62. The Hall–Kier alpha value is -2.22. The molecule has 1 amide bonds. The maximum Gasteiger partial charge on any atom is 0.231 e. The Morgan fingerprint density at radius 3 is 2.68 bits per heavy atom. The van der Waals surface area contributed by atoms with Gasteiger partial charge in [-0.1, -0.05) is 0 Å². The second-order valence-electron chi connectivity index (χ2n) is 6.34. The Balaban J connectivity index is 1.68. The molecule has 0 bridgehead atoms. The summed E-state index contributed by atoms with van der Waals surface area (Å²) < 4.78 is 5.29. The molecule has 1 aromatic heterocycles. The number of β-amino-alcohol motifs (C(OH)–C–C–N with tert-alkyl or cyclic N) is 1. The highest BCUT2D eigenvalue weighted by Crippen LogP contribution is 2.27. The van der Waals surface area contributed by atoms with Gasteiger partial charge in [0, 0.05) is 44.3 Å². The predicted octanol–water partition coefficient (Wildman–Crippen LogP) is 0.380. The van der Waals surface area contributed by atoms with Crippen molar-refractivity contribution in [1.29, 1.82) is 0 Å². The number of nitrogens with two attached hydrogens (primary N) is 1. The van der Waals surface area contributed by atoms with E-state index in [4.69, 9.17) is 10.5 Å². The summed E-state index contributed by atoms with van der Waals surface area (Å²) in [7, 11) is 1.62. The Labute approximate surface area is 147 Å². The molecule has 0 radical (unpaired) electrons. The standard InChI is InChI=1S/C18H24N4O3/c1-25-13-2-3-16-15(10-13)14(4-5-20-16)17(23)11-21-6-8-22(9-7-21)12-18(19)24/h2-5,10,17,23H,6-9,11-12H2,1H3,(H2,19,24)/t17-/m1/s1. The van der Waals surface area contributed by atoms with Crippen LogP contribution in [-0.2, 0) is 4.79 Å². The summed E-state index contributed by atoms with van der Waals surface area (Å²) in [6.45, 7) is 4.00. The highest BCUT2D eigenvalue weighted by molar-refractivity contribution is 5.83. The van der Waals surface area contributed by atoms with E-state index in [0.29, 0.717) is 13.1 Å². The molecule has 25 heavy (non-hydrogen) atoms. The Morgan fingerprint density at radius 1 is 1.28 bits per heavy atom. The van der Waals surface area contributed by atoms with E-state index in [1.165, 1.54) is 0 Å². The number of nitrogens with zero attached hydrogens (tertiary/aromatic N) is 3. The lowest BCUT2D eigenvalue weighted by molar-refractivity contribution is -0.119. The minimum Gasteiger partial charge on any atom is -0.497 e. The molecule has 1 saturated heterocycles. The largest absolute Gasteiger partial charge is 0.497 e. The number of rotatable bonds is 6. The van der Waals surface area contributed by atoms with Gasteiger partial charge in [0.2, 0.25) is 5.91 Å². The fourth-order valence-corrected chi connectivity index (χ4v) is 3.26. The number of aromatic nitrogens is 1. The maximum atomic E-state index is 11.0. The number of amides is 1. The van der Waals surface area contributed by atoms with Crippen LogP contribution in [0.25, 0.3) is 10.9 Å². The molecule has 0 unspecified atom stereocenters. The molecule has 3 rings (SSSR count). The van der Waals surface area contributed by atoms with Crippen LogP contribution in [0.5, 0.6) is 5.75 Å². The fraction of sp³-hybridized carbons (Fsp3) is 0.444. The summed E-state index contributed by atoms with van der Waals surface area (Å²) in [6.07, 6.45) is 1.11. The van der Waals surface area contributed by atoms with Crippen molar-refractivity contribution in [2.75, 3.05) is 46.4 Å². The summed E-state index contributed by atoms with van der Waals surface area (Å²) >= 11 is 0. The molecule has 7 nitrogen and oxygen atoms in total. The Morgan fingerprint density at radius 2 is 2.00 bits per heavy atom. The third-order valence-corrected chi connectivity index (χ3v) is 4.62. The van der Waals surface area contributed by atoms with E-state index in [2.05, 4.69) is 9.88 Å². The van der Waals surface area contributed by atoms with Crippen LogP contribution in [0, 0.1) is 0 Å². The summed E-state index contributed by atoms with van der Waals surface area (Å²) in [5, 5.41) is 11.7. The molecule has 7 heteroatoms. The zero-order valence-electron chi connectivity index (χ0n) is 14.4. The summed E-state index contributed by atoms with van der Waals surface area (Å²) in [4.78, 5) is 19.6.